The van der Waals surface area contributed by atoms with Gasteiger partial charge in [0.15, 0.2) is 0 Å². The highest BCUT2D eigenvalue weighted by molar-refractivity contribution is 7.91. The summed E-state index contributed by atoms with van der Waals surface area (Å²) in [4.78, 5) is 98.6. The molecule has 2 heterocycles. The molecule has 2 aliphatic heterocycles. The van der Waals surface area contributed by atoms with E-state index < -0.39 is 107 Å². The molecule has 4 N–H and O–H groups in total. The molecule has 8 bridgehead atoms. The Morgan fingerprint density at radius 3 is 1.54 bits per heavy atom. The van der Waals surface area contributed by atoms with Crippen molar-refractivity contribution in [3.05, 3.63) is 132 Å². The first kappa shape index (κ1) is 68.2. The molecule has 6 fully saturated rings. The number of amides is 6. The number of hydrogen-bond donors (Lipinski definition) is 4. The number of hydrogen-bond acceptors (Lipinski definition) is 16. The Morgan fingerprint density at radius 2 is 1.04 bits per heavy atom. The van der Waals surface area contributed by atoms with Crippen molar-refractivity contribution in [2.45, 2.75) is 163 Å². The Hall–Kier alpha value is -8.38. The zero-order chi connectivity index (χ0) is 68.7. The largest absolute Gasteiger partial charge is 0.494 e. The number of carbonyl (C=O) groups excluding carboxylic acids is 6. The lowest BCUT2D eigenvalue weighted by molar-refractivity contribution is -0.141. The van der Waals surface area contributed by atoms with Crippen molar-refractivity contribution in [2.24, 2.45) is 45.8 Å². The first-order valence-electron chi connectivity index (χ1n) is 35.0. The van der Waals surface area contributed by atoms with Crippen molar-refractivity contribution < 1.29 is 64.8 Å². The van der Waals surface area contributed by atoms with Crippen LogP contribution < -0.4 is 29.6 Å². The molecule has 0 radical (unpaired) electrons. The van der Waals surface area contributed by atoms with Crippen molar-refractivity contribution in [2.75, 3.05) is 40.4 Å². The highest BCUT2D eigenvalue weighted by atomic mass is 32.2. The number of rotatable bonds is 12. The van der Waals surface area contributed by atoms with Gasteiger partial charge in [-0.25, -0.2) is 16.8 Å². The molecule has 0 aromatic heterocycles. The van der Waals surface area contributed by atoms with Crippen LogP contribution in [0.2, 0.25) is 0 Å². The monoisotopic (exact) mass is 1380 g/mol. The molecule has 0 saturated heterocycles. The minimum absolute atomic E-state index is 0.135. The average Bonchev–Trinajstić information content (AvgIpc) is 1.59. The van der Waals surface area contributed by atoms with Gasteiger partial charge in [-0.15, -0.1) is 6.58 Å². The fourth-order valence-corrected chi connectivity index (χ4v) is 17.9. The third kappa shape index (κ3) is 14.1. The third-order valence-corrected chi connectivity index (χ3v) is 25.1. The van der Waals surface area contributed by atoms with Gasteiger partial charge in [0.1, 0.15) is 52.8 Å². The van der Waals surface area contributed by atoms with E-state index in [9.17, 15) is 45.6 Å². The molecule has 0 unspecified atom stereocenters. The number of ether oxygens (including phenoxy) is 2. The maximum atomic E-state index is 14.1. The second-order valence-electron chi connectivity index (χ2n) is 28.3. The summed E-state index contributed by atoms with van der Waals surface area (Å²) in [5, 5.41) is 14.0. The van der Waals surface area contributed by atoms with E-state index >= 15 is 0 Å². The number of benzene rings is 4. The van der Waals surface area contributed by atoms with Gasteiger partial charge in [-0.3, -0.25) is 38.2 Å². The molecule has 520 valence electrons. The summed E-state index contributed by atoms with van der Waals surface area (Å²) in [7, 11) is -4.09. The fourth-order valence-electron chi connectivity index (χ4n) is 15.2. The lowest BCUT2D eigenvalue weighted by Crippen LogP contribution is -2.54. The minimum Gasteiger partial charge on any atom is -0.494 e. The molecular weight excluding hydrogens is 1290 g/mol. The summed E-state index contributed by atoms with van der Waals surface area (Å²) in [6.07, 6.45) is 16.1. The third-order valence-electron chi connectivity index (χ3n) is 21.5. The first-order chi connectivity index (χ1) is 47.2. The zero-order valence-electron chi connectivity index (χ0n) is 55.9. The summed E-state index contributed by atoms with van der Waals surface area (Å²) in [5.41, 5.74) is 6.35. The molecule has 0 spiro atoms. The van der Waals surface area contributed by atoms with E-state index in [1.165, 1.54) is 0 Å². The summed E-state index contributed by atoms with van der Waals surface area (Å²) in [5.74, 6) is -4.77. The van der Waals surface area contributed by atoms with Crippen molar-refractivity contribution in [1.82, 2.24) is 29.9 Å². The van der Waals surface area contributed by atoms with E-state index in [-0.39, 0.29) is 43.4 Å². The van der Waals surface area contributed by atoms with Gasteiger partial charge in [-0.2, -0.15) is 0 Å². The van der Waals surface area contributed by atoms with Gasteiger partial charge in [0, 0.05) is 55.4 Å². The van der Waals surface area contributed by atoms with Crippen LogP contribution in [-0.4, -0.2) is 148 Å². The van der Waals surface area contributed by atoms with Crippen LogP contribution in [0.5, 0.6) is 11.5 Å². The van der Waals surface area contributed by atoms with Gasteiger partial charge in [0.25, 0.3) is 11.8 Å². The number of sulfonamides is 2. The van der Waals surface area contributed by atoms with Gasteiger partial charge in [0.2, 0.25) is 43.7 Å². The Labute approximate surface area is 573 Å². The van der Waals surface area contributed by atoms with Gasteiger partial charge < -0.3 is 39.6 Å². The number of allylic oxidation sites excluding steroid dienone is 1. The molecule has 4 aromatic carbocycles. The summed E-state index contributed by atoms with van der Waals surface area (Å²) in [6.45, 7) is 7.86. The number of nitrogens with zero attached hydrogens (tertiary/aromatic N) is 4. The van der Waals surface area contributed by atoms with Crippen LogP contribution in [0.4, 0.5) is 0 Å². The zero-order valence-corrected chi connectivity index (χ0v) is 57.5. The standard InChI is InChI=1S/C37H46N4O7S.C37H42N4O7S/c2*1-3-23-22-37(23,36(44)40-49(45,46)26-14-15-26)38-34(42)31-20-25-21-32(31)35(43)41(2)17-9-5-4-6-10-18-47-24-13-16-28-27-11-7-8-12-29(27)33(39-48-25)30(28)19-24/h7-8,11-13,16,19,23,25-26,31-32H,3-6,9-10,14-15,17-18,20-22H2,1-2H3,(H,38,42)(H,40,44);3,6-8,10-13,16,19,23,25-26,31-32H,1,4-5,9,14-15,17-18,20-22H2,2H3,(H,38,42)(H,40,44)/t2*23-,25-,31-,32-,37-/m11/s1. The first-order valence-corrected chi connectivity index (χ1v) is 38.1. The highest BCUT2D eigenvalue weighted by Crippen LogP contribution is 2.50. The number of oxime groups is 2. The lowest BCUT2D eigenvalue weighted by atomic mass is 9.93. The highest BCUT2D eigenvalue weighted by Gasteiger charge is 2.64. The number of fused-ring (bicyclic) bond motifs is 12. The molecule has 24 heteroatoms. The van der Waals surface area contributed by atoms with Crippen molar-refractivity contribution in [1.29, 1.82) is 0 Å². The second kappa shape index (κ2) is 28.1. The van der Waals surface area contributed by atoms with Gasteiger partial charge in [-0.1, -0.05) is 110 Å². The average molecular weight is 1380 g/mol. The summed E-state index contributed by atoms with van der Waals surface area (Å²) >= 11 is 0. The van der Waals surface area contributed by atoms with Crippen molar-refractivity contribution in [3.8, 4) is 33.8 Å². The maximum absolute atomic E-state index is 14.1. The van der Waals surface area contributed by atoms with Gasteiger partial charge in [-0.05, 0) is 161 Å². The van der Waals surface area contributed by atoms with Crippen LogP contribution in [0.25, 0.3) is 22.3 Å². The number of carbonyl (C=O) groups is 6. The van der Waals surface area contributed by atoms with E-state index in [1.807, 2.05) is 85.8 Å². The van der Waals surface area contributed by atoms with Crippen LogP contribution >= 0.6 is 0 Å². The number of nitrogens with one attached hydrogen (secondary N) is 4. The molecular formula is C74H88N8O14S2. The predicted molar refractivity (Wildman–Crippen MR) is 368 cm³/mol. The van der Waals surface area contributed by atoms with E-state index in [4.69, 9.17) is 19.1 Å². The smallest absolute Gasteiger partial charge is 0.259 e. The minimum atomic E-state index is -3.82. The quantitative estimate of drug-likeness (QED) is 0.0835. The normalized spacial score (nSPS) is 28.3. The van der Waals surface area contributed by atoms with E-state index in [1.54, 1.807) is 30.0 Å². The Balaban J connectivity index is 0.000000176. The van der Waals surface area contributed by atoms with Crippen LogP contribution in [0.15, 0.2) is 120 Å². The molecule has 4 aromatic rings. The van der Waals surface area contributed by atoms with Crippen LogP contribution in [0, 0.1) is 35.5 Å². The van der Waals surface area contributed by atoms with Crippen molar-refractivity contribution in [3.63, 3.8) is 0 Å². The molecule has 6 amide bonds. The van der Waals surface area contributed by atoms with Crippen molar-refractivity contribution >= 4 is 66.9 Å². The molecule has 6 saturated carbocycles. The Morgan fingerprint density at radius 1 is 0.571 bits per heavy atom. The van der Waals surface area contributed by atoms with Crippen LogP contribution in [0.1, 0.15) is 151 Å². The van der Waals surface area contributed by atoms with E-state index in [2.05, 4.69) is 55.2 Å². The lowest BCUT2D eigenvalue weighted by Gasteiger charge is -2.26. The summed E-state index contributed by atoms with van der Waals surface area (Å²) in [6, 6.07) is 27.9. The topological polar surface area (TPSA) is 287 Å². The molecule has 8 aliphatic carbocycles. The maximum Gasteiger partial charge on any atom is 0.259 e. The predicted octanol–water partition coefficient (Wildman–Crippen LogP) is 8.60. The fraction of sp³-hybridized carbons (Fsp3) is 0.514. The van der Waals surface area contributed by atoms with Crippen LogP contribution in [-0.2, 0) is 58.5 Å². The molecule has 22 nitrogen and oxygen atoms in total. The molecule has 98 heavy (non-hydrogen) atoms. The van der Waals surface area contributed by atoms with Gasteiger partial charge in [0.05, 0.1) is 40.8 Å². The van der Waals surface area contributed by atoms with E-state index in [0.29, 0.717) is 88.4 Å². The molecule has 10 atom stereocenters. The summed E-state index contributed by atoms with van der Waals surface area (Å²) < 4.78 is 67.1. The molecule has 14 rings (SSSR count). The Kier molecular flexibility index (Phi) is 19.5. The Bertz CT molecular complexity index is 4150. The van der Waals surface area contributed by atoms with Gasteiger partial charge >= 0.3 is 0 Å². The van der Waals surface area contributed by atoms with E-state index in [0.717, 1.165) is 102 Å². The second-order valence-corrected chi connectivity index (χ2v) is 32.2. The molecule has 10 aliphatic rings. The van der Waals surface area contributed by atoms with Crippen LogP contribution in [0.3, 0.4) is 0 Å². The SMILES string of the molecule is C=C[C@@H]1C[C@]1(NC(=O)[C@@H]1C[C@@H]2C[C@H]1C(=O)N(C)CCCCC=CCOc1ccc3c(c1)C(=NO2)c1ccccc1-3)C(=O)NS(=O)(=O)C1CC1.CC[C@@H]1C[C@]1(NC(=O)[C@@H]1C[C@@H]2C[C@H]1C(=O)N(C)CCCCCCCOc1ccc3c(c1)C(=NO2)c1ccccc1-3)C(=O)NS(=O)(=O)C1CC1.